The highest BCUT2D eigenvalue weighted by Gasteiger charge is 2.03. The summed E-state index contributed by atoms with van der Waals surface area (Å²) in [6.07, 6.45) is 3.89. The average molecular weight is 350 g/mol. The van der Waals surface area contributed by atoms with Crippen molar-refractivity contribution in [1.29, 1.82) is 0 Å². The van der Waals surface area contributed by atoms with Gasteiger partial charge in [0.1, 0.15) is 12.4 Å². The van der Waals surface area contributed by atoms with Crippen LogP contribution < -0.4 is 4.74 Å². The molecule has 0 fully saturated rings. The topological polar surface area (TPSA) is 21.6 Å². The van der Waals surface area contributed by atoms with Gasteiger partial charge in [0, 0.05) is 22.5 Å². The molecule has 0 atom stereocenters. The summed E-state index contributed by atoms with van der Waals surface area (Å²) in [5, 5.41) is 0.746. The number of ether oxygens (including phenoxy) is 1. The Balaban J connectivity index is 2.10. The van der Waals surface area contributed by atoms with Gasteiger partial charge in [-0.2, -0.15) is 0 Å². The molecule has 0 aliphatic heterocycles. The van der Waals surface area contributed by atoms with E-state index in [4.69, 9.17) is 4.74 Å². The van der Waals surface area contributed by atoms with E-state index in [2.05, 4.69) is 33.1 Å². The van der Waals surface area contributed by atoms with Gasteiger partial charge in [-0.1, -0.05) is 46.3 Å². The summed E-state index contributed by atoms with van der Waals surface area (Å²) in [5.74, 6) is 0.841. The average Bonchev–Trinajstić information content (AvgIpc) is 2.52. The molecule has 0 spiro atoms. The van der Waals surface area contributed by atoms with Crippen molar-refractivity contribution >= 4 is 39.6 Å². The molecule has 0 saturated carbocycles. The SMILES string of the molecule is CSc1ccc(OCc2ccccc2)cc1N=CCBr. The number of benzene rings is 2. The zero-order chi connectivity index (χ0) is 14.2. The Hall–Kier alpha value is -1.26. The summed E-state index contributed by atoms with van der Waals surface area (Å²) in [6, 6.07) is 16.2. The summed E-state index contributed by atoms with van der Waals surface area (Å²) in [5.41, 5.74) is 2.11. The lowest BCUT2D eigenvalue weighted by molar-refractivity contribution is 0.306. The second-order valence-electron chi connectivity index (χ2n) is 4.07. The van der Waals surface area contributed by atoms with Gasteiger partial charge in [0.05, 0.1) is 5.69 Å². The summed E-state index contributed by atoms with van der Waals surface area (Å²) < 4.78 is 5.82. The Morgan fingerprint density at radius 2 is 2.00 bits per heavy atom. The van der Waals surface area contributed by atoms with Crippen molar-refractivity contribution in [2.45, 2.75) is 11.5 Å². The summed E-state index contributed by atoms with van der Waals surface area (Å²) in [4.78, 5) is 5.59. The van der Waals surface area contributed by atoms with Crippen molar-refractivity contribution in [3.05, 3.63) is 54.1 Å². The Morgan fingerprint density at radius 1 is 1.20 bits per heavy atom. The van der Waals surface area contributed by atoms with Crippen molar-refractivity contribution in [1.82, 2.24) is 0 Å². The minimum absolute atomic E-state index is 0.570. The Labute approximate surface area is 132 Å². The van der Waals surface area contributed by atoms with Crippen LogP contribution in [-0.4, -0.2) is 17.8 Å². The standard InChI is InChI=1S/C16H16BrNOS/c1-20-16-8-7-14(11-15(16)18-10-9-17)19-12-13-5-3-2-4-6-13/h2-8,10-11H,9,12H2,1H3. The van der Waals surface area contributed by atoms with Gasteiger partial charge in [0.25, 0.3) is 0 Å². The second kappa shape index (κ2) is 8.12. The monoisotopic (exact) mass is 349 g/mol. The fourth-order valence-electron chi connectivity index (χ4n) is 1.73. The molecule has 0 aliphatic carbocycles. The van der Waals surface area contributed by atoms with Crippen LogP contribution in [0.4, 0.5) is 5.69 Å². The first-order valence-electron chi connectivity index (χ1n) is 6.26. The predicted octanol–water partition coefficient (Wildman–Crippen LogP) is 5.08. The van der Waals surface area contributed by atoms with E-state index in [1.165, 1.54) is 0 Å². The number of hydrogen-bond acceptors (Lipinski definition) is 3. The van der Waals surface area contributed by atoms with E-state index in [0.717, 1.165) is 27.2 Å². The molecule has 0 aromatic heterocycles. The van der Waals surface area contributed by atoms with E-state index >= 15 is 0 Å². The van der Waals surface area contributed by atoms with E-state index < -0.39 is 0 Å². The van der Waals surface area contributed by atoms with E-state index in [-0.39, 0.29) is 0 Å². The van der Waals surface area contributed by atoms with Crippen LogP contribution >= 0.6 is 27.7 Å². The fraction of sp³-hybridized carbons (Fsp3) is 0.188. The van der Waals surface area contributed by atoms with E-state index in [9.17, 15) is 0 Å². The maximum Gasteiger partial charge on any atom is 0.122 e. The maximum absolute atomic E-state index is 5.82. The molecule has 0 bridgehead atoms. The number of halogens is 1. The Kier molecular flexibility index (Phi) is 6.15. The fourth-order valence-corrected chi connectivity index (χ4v) is 2.40. The number of aliphatic imine (C=N–C) groups is 1. The third-order valence-electron chi connectivity index (χ3n) is 2.70. The zero-order valence-corrected chi connectivity index (χ0v) is 13.7. The van der Waals surface area contributed by atoms with Gasteiger partial charge >= 0.3 is 0 Å². The van der Waals surface area contributed by atoms with Gasteiger partial charge in [-0.25, -0.2) is 0 Å². The summed E-state index contributed by atoms with van der Waals surface area (Å²) in [7, 11) is 0. The van der Waals surface area contributed by atoms with E-state index in [0.29, 0.717) is 6.61 Å². The minimum Gasteiger partial charge on any atom is -0.489 e. The molecule has 0 amide bonds. The smallest absolute Gasteiger partial charge is 0.122 e. The molecule has 4 heteroatoms. The third kappa shape index (κ3) is 4.39. The molecular formula is C16H16BrNOS. The van der Waals surface area contributed by atoms with Crippen molar-refractivity contribution in [2.24, 2.45) is 4.99 Å². The van der Waals surface area contributed by atoms with Crippen LogP contribution in [0, 0.1) is 0 Å². The largest absolute Gasteiger partial charge is 0.489 e. The van der Waals surface area contributed by atoms with Crippen LogP contribution in [0.15, 0.2) is 58.4 Å². The van der Waals surface area contributed by atoms with Gasteiger partial charge in [-0.05, 0) is 24.0 Å². The van der Waals surface area contributed by atoms with Gasteiger partial charge in [0.15, 0.2) is 0 Å². The van der Waals surface area contributed by atoms with Crippen LogP contribution in [0.25, 0.3) is 0 Å². The number of rotatable bonds is 6. The third-order valence-corrected chi connectivity index (χ3v) is 3.77. The molecule has 104 valence electrons. The van der Waals surface area contributed by atoms with Crippen molar-refractivity contribution in [3.63, 3.8) is 0 Å². The molecule has 0 saturated heterocycles. The molecule has 0 unspecified atom stereocenters. The van der Waals surface area contributed by atoms with Crippen molar-refractivity contribution in [2.75, 3.05) is 11.6 Å². The Bertz CT molecular complexity index is 572. The molecule has 2 rings (SSSR count). The van der Waals surface area contributed by atoms with E-state index in [1.54, 1.807) is 11.8 Å². The molecule has 2 aromatic carbocycles. The van der Waals surface area contributed by atoms with Crippen molar-refractivity contribution < 1.29 is 4.74 Å². The highest BCUT2D eigenvalue weighted by Crippen LogP contribution is 2.31. The normalized spacial score (nSPS) is 10.9. The van der Waals surface area contributed by atoms with Crippen LogP contribution in [0.5, 0.6) is 5.75 Å². The number of thioether (sulfide) groups is 1. The Morgan fingerprint density at radius 3 is 2.70 bits per heavy atom. The quantitative estimate of drug-likeness (QED) is 0.411. The molecule has 2 nitrogen and oxygen atoms in total. The lowest BCUT2D eigenvalue weighted by atomic mass is 10.2. The van der Waals surface area contributed by atoms with Crippen LogP contribution in [0.1, 0.15) is 5.56 Å². The lowest BCUT2D eigenvalue weighted by Crippen LogP contribution is -1.94. The van der Waals surface area contributed by atoms with Gasteiger partial charge < -0.3 is 4.74 Å². The van der Waals surface area contributed by atoms with Crippen LogP contribution in [-0.2, 0) is 6.61 Å². The van der Waals surface area contributed by atoms with Crippen LogP contribution in [0.2, 0.25) is 0 Å². The highest BCUT2D eigenvalue weighted by molar-refractivity contribution is 9.09. The molecule has 0 aliphatic rings. The van der Waals surface area contributed by atoms with Gasteiger partial charge in [-0.15, -0.1) is 11.8 Å². The molecule has 0 radical (unpaired) electrons. The second-order valence-corrected chi connectivity index (χ2v) is 5.57. The maximum atomic E-state index is 5.82. The highest BCUT2D eigenvalue weighted by atomic mass is 79.9. The first kappa shape index (κ1) is 15.1. The summed E-state index contributed by atoms with van der Waals surface area (Å²) in [6.45, 7) is 0.570. The predicted molar refractivity (Wildman–Crippen MR) is 90.9 cm³/mol. The zero-order valence-electron chi connectivity index (χ0n) is 11.3. The first-order chi connectivity index (χ1) is 9.83. The van der Waals surface area contributed by atoms with Gasteiger partial charge in [0.2, 0.25) is 0 Å². The van der Waals surface area contributed by atoms with E-state index in [1.807, 2.05) is 48.9 Å². The number of nitrogens with zero attached hydrogens (tertiary/aromatic N) is 1. The molecule has 2 aromatic rings. The first-order valence-corrected chi connectivity index (χ1v) is 8.61. The van der Waals surface area contributed by atoms with Crippen molar-refractivity contribution in [3.8, 4) is 5.75 Å². The van der Waals surface area contributed by atoms with Crippen LogP contribution in [0.3, 0.4) is 0 Å². The number of alkyl halides is 1. The van der Waals surface area contributed by atoms with Gasteiger partial charge in [-0.3, -0.25) is 4.99 Å². The minimum atomic E-state index is 0.570. The molecule has 0 heterocycles. The lowest BCUT2D eigenvalue weighted by Gasteiger charge is -2.09. The molecule has 0 N–H and O–H groups in total. The molecule has 20 heavy (non-hydrogen) atoms. The molecular weight excluding hydrogens is 334 g/mol. The summed E-state index contributed by atoms with van der Waals surface area (Å²) >= 11 is 5.03. The number of hydrogen-bond donors (Lipinski definition) is 0.